The van der Waals surface area contributed by atoms with Crippen molar-refractivity contribution in [3.63, 3.8) is 0 Å². The summed E-state index contributed by atoms with van der Waals surface area (Å²) in [6.07, 6.45) is 1.59. The highest BCUT2D eigenvalue weighted by Crippen LogP contribution is 2.37. The molecule has 2 aromatic carbocycles. The maximum Gasteiger partial charge on any atom is 0.161 e. The van der Waals surface area contributed by atoms with Crippen LogP contribution >= 0.6 is 11.3 Å². The van der Waals surface area contributed by atoms with Crippen molar-refractivity contribution in [3.05, 3.63) is 59.7 Å². The van der Waals surface area contributed by atoms with E-state index in [9.17, 15) is 0 Å². The SMILES string of the molecule is COc1ccc(-c2csc3ncnc(NCc4ccc(OC)c(OC)c4)c23)cc1. The lowest BCUT2D eigenvalue weighted by Gasteiger charge is -2.11. The fourth-order valence-electron chi connectivity index (χ4n) is 3.17. The molecule has 0 amide bonds. The zero-order valence-corrected chi connectivity index (χ0v) is 17.2. The van der Waals surface area contributed by atoms with Crippen molar-refractivity contribution < 1.29 is 14.2 Å². The maximum absolute atomic E-state index is 5.40. The molecule has 148 valence electrons. The molecule has 0 atom stereocenters. The quantitative estimate of drug-likeness (QED) is 0.465. The summed E-state index contributed by atoms with van der Waals surface area (Å²) in [5.74, 6) is 3.04. The molecule has 6 nitrogen and oxygen atoms in total. The molecule has 0 saturated carbocycles. The van der Waals surface area contributed by atoms with E-state index in [1.165, 1.54) is 0 Å². The van der Waals surface area contributed by atoms with E-state index in [4.69, 9.17) is 14.2 Å². The van der Waals surface area contributed by atoms with Crippen LogP contribution in [0.1, 0.15) is 5.56 Å². The standard InChI is InChI=1S/C22H21N3O3S/c1-26-16-7-5-15(6-8-16)17-12-29-22-20(17)21(24-13-25-22)23-11-14-4-9-18(27-2)19(10-14)28-3/h4-10,12-13H,11H2,1-3H3,(H,23,24,25). The molecule has 4 aromatic rings. The Balaban J connectivity index is 1.65. The third-order valence-corrected chi connectivity index (χ3v) is 5.57. The second-order valence-electron chi connectivity index (χ2n) is 6.32. The summed E-state index contributed by atoms with van der Waals surface area (Å²) in [6.45, 7) is 0.602. The monoisotopic (exact) mass is 407 g/mol. The molecule has 0 aliphatic carbocycles. The first-order chi connectivity index (χ1) is 14.2. The molecule has 2 heterocycles. The summed E-state index contributed by atoms with van der Waals surface area (Å²) in [5, 5.41) is 6.58. The van der Waals surface area contributed by atoms with Crippen LogP contribution in [0.3, 0.4) is 0 Å². The van der Waals surface area contributed by atoms with Gasteiger partial charge in [0.2, 0.25) is 0 Å². The van der Waals surface area contributed by atoms with Crippen LogP contribution in [0.15, 0.2) is 54.2 Å². The first-order valence-corrected chi connectivity index (χ1v) is 9.93. The highest BCUT2D eigenvalue weighted by molar-refractivity contribution is 7.17. The number of rotatable bonds is 7. The molecule has 0 bridgehead atoms. The lowest BCUT2D eigenvalue weighted by Crippen LogP contribution is -2.03. The Bertz CT molecular complexity index is 1130. The highest BCUT2D eigenvalue weighted by Gasteiger charge is 2.13. The van der Waals surface area contributed by atoms with E-state index in [-0.39, 0.29) is 0 Å². The van der Waals surface area contributed by atoms with Gasteiger partial charge in [0, 0.05) is 17.5 Å². The van der Waals surface area contributed by atoms with Crippen molar-refractivity contribution >= 4 is 27.4 Å². The van der Waals surface area contributed by atoms with E-state index >= 15 is 0 Å². The van der Waals surface area contributed by atoms with Gasteiger partial charge in [-0.1, -0.05) is 18.2 Å². The van der Waals surface area contributed by atoms with Crippen molar-refractivity contribution in [1.82, 2.24) is 9.97 Å². The lowest BCUT2D eigenvalue weighted by atomic mass is 10.1. The molecular formula is C22H21N3O3S. The number of nitrogens with zero attached hydrogens (tertiary/aromatic N) is 2. The summed E-state index contributed by atoms with van der Waals surface area (Å²) in [7, 11) is 4.93. The predicted molar refractivity (Wildman–Crippen MR) is 116 cm³/mol. The van der Waals surface area contributed by atoms with E-state index in [0.29, 0.717) is 18.0 Å². The van der Waals surface area contributed by atoms with Gasteiger partial charge in [-0.2, -0.15) is 0 Å². The van der Waals surface area contributed by atoms with Crippen LogP contribution in [0.25, 0.3) is 21.3 Å². The van der Waals surface area contributed by atoms with Crippen molar-refractivity contribution in [2.24, 2.45) is 0 Å². The number of fused-ring (bicyclic) bond motifs is 1. The zero-order valence-electron chi connectivity index (χ0n) is 16.4. The number of aromatic nitrogens is 2. The average molecular weight is 407 g/mol. The van der Waals surface area contributed by atoms with Crippen LogP contribution in [0.5, 0.6) is 17.2 Å². The van der Waals surface area contributed by atoms with Crippen LogP contribution in [0.4, 0.5) is 5.82 Å². The number of benzene rings is 2. The van der Waals surface area contributed by atoms with E-state index in [2.05, 4.69) is 20.7 Å². The van der Waals surface area contributed by atoms with Crippen molar-refractivity contribution in [3.8, 4) is 28.4 Å². The Hall–Kier alpha value is -3.32. The second-order valence-corrected chi connectivity index (χ2v) is 7.18. The molecule has 0 saturated heterocycles. The van der Waals surface area contributed by atoms with Gasteiger partial charge in [0.25, 0.3) is 0 Å². The van der Waals surface area contributed by atoms with E-state index < -0.39 is 0 Å². The minimum absolute atomic E-state index is 0.602. The Morgan fingerprint density at radius 3 is 2.41 bits per heavy atom. The predicted octanol–water partition coefficient (Wildman–Crippen LogP) is 5.00. The molecule has 29 heavy (non-hydrogen) atoms. The summed E-state index contributed by atoms with van der Waals surface area (Å²) >= 11 is 1.61. The van der Waals surface area contributed by atoms with Crippen molar-refractivity contribution in [1.29, 1.82) is 0 Å². The zero-order chi connectivity index (χ0) is 20.2. The fraction of sp³-hybridized carbons (Fsp3) is 0.182. The minimum Gasteiger partial charge on any atom is -0.497 e. The number of hydrogen-bond donors (Lipinski definition) is 1. The van der Waals surface area contributed by atoms with E-state index in [0.717, 1.165) is 38.5 Å². The van der Waals surface area contributed by atoms with Crippen LogP contribution in [0.2, 0.25) is 0 Å². The van der Waals surface area contributed by atoms with Gasteiger partial charge in [-0.25, -0.2) is 9.97 Å². The topological polar surface area (TPSA) is 65.5 Å². The Kier molecular flexibility index (Phi) is 5.48. The summed E-state index contributed by atoms with van der Waals surface area (Å²) in [5.41, 5.74) is 3.26. The van der Waals surface area contributed by atoms with E-state index in [1.54, 1.807) is 39.0 Å². The van der Waals surface area contributed by atoms with Crippen LogP contribution < -0.4 is 19.5 Å². The van der Waals surface area contributed by atoms with Gasteiger partial charge in [-0.15, -0.1) is 11.3 Å². The molecule has 4 rings (SSSR count). The van der Waals surface area contributed by atoms with Crippen molar-refractivity contribution in [2.75, 3.05) is 26.6 Å². The number of anilines is 1. The first kappa shape index (κ1) is 19.0. The van der Waals surface area contributed by atoms with Gasteiger partial charge in [0.15, 0.2) is 11.5 Å². The van der Waals surface area contributed by atoms with Gasteiger partial charge in [-0.3, -0.25) is 0 Å². The highest BCUT2D eigenvalue weighted by atomic mass is 32.1. The Morgan fingerprint density at radius 1 is 0.897 bits per heavy atom. The molecule has 0 aliphatic heterocycles. The summed E-state index contributed by atoms with van der Waals surface area (Å²) < 4.78 is 16.0. The third-order valence-electron chi connectivity index (χ3n) is 4.68. The third kappa shape index (κ3) is 3.82. The number of nitrogens with one attached hydrogen (secondary N) is 1. The molecule has 0 spiro atoms. The normalized spacial score (nSPS) is 10.7. The van der Waals surface area contributed by atoms with Gasteiger partial charge < -0.3 is 19.5 Å². The van der Waals surface area contributed by atoms with Gasteiger partial charge in [-0.05, 0) is 35.4 Å². The minimum atomic E-state index is 0.602. The fourth-order valence-corrected chi connectivity index (χ4v) is 4.08. The summed E-state index contributed by atoms with van der Waals surface area (Å²) in [4.78, 5) is 9.87. The molecule has 0 aliphatic rings. The van der Waals surface area contributed by atoms with Crippen LogP contribution in [-0.4, -0.2) is 31.3 Å². The second kappa shape index (κ2) is 8.36. The molecule has 2 aromatic heterocycles. The maximum atomic E-state index is 5.40. The lowest BCUT2D eigenvalue weighted by molar-refractivity contribution is 0.354. The van der Waals surface area contributed by atoms with E-state index in [1.807, 2.05) is 42.5 Å². The Morgan fingerprint density at radius 2 is 1.69 bits per heavy atom. The molecule has 1 N–H and O–H groups in total. The number of thiophene rings is 1. The van der Waals surface area contributed by atoms with Crippen LogP contribution in [-0.2, 0) is 6.54 Å². The van der Waals surface area contributed by atoms with Crippen LogP contribution in [0, 0.1) is 0 Å². The Labute approximate surface area is 173 Å². The molecular weight excluding hydrogens is 386 g/mol. The van der Waals surface area contributed by atoms with Crippen molar-refractivity contribution in [2.45, 2.75) is 6.54 Å². The summed E-state index contributed by atoms with van der Waals surface area (Å²) in [6, 6.07) is 13.9. The van der Waals surface area contributed by atoms with Gasteiger partial charge in [0.05, 0.1) is 26.7 Å². The largest absolute Gasteiger partial charge is 0.497 e. The average Bonchev–Trinajstić information content (AvgIpc) is 3.22. The molecule has 7 heteroatoms. The smallest absolute Gasteiger partial charge is 0.161 e. The number of ether oxygens (including phenoxy) is 3. The van der Waals surface area contributed by atoms with Gasteiger partial charge >= 0.3 is 0 Å². The first-order valence-electron chi connectivity index (χ1n) is 9.05. The number of methoxy groups -OCH3 is 3. The molecule has 0 fully saturated rings. The molecule has 0 radical (unpaired) electrons. The number of hydrogen-bond acceptors (Lipinski definition) is 7. The molecule has 0 unspecified atom stereocenters. The van der Waals surface area contributed by atoms with Gasteiger partial charge in [0.1, 0.15) is 22.7 Å².